The van der Waals surface area contributed by atoms with E-state index in [2.05, 4.69) is 31.1 Å². The normalized spacial score (nSPS) is 12.6. The summed E-state index contributed by atoms with van der Waals surface area (Å²) in [5.74, 6) is -0.363. The van der Waals surface area contributed by atoms with Crippen LogP contribution in [0.1, 0.15) is 32.3 Å². The Hall–Kier alpha value is -2.17. The van der Waals surface area contributed by atoms with E-state index >= 15 is 0 Å². The van der Waals surface area contributed by atoms with Crippen molar-refractivity contribution in [3.63, 3.8) is 0 Å². The quantitative estimate of drug-likeness (QED) is 0.579. The Morgan fingerprint density at radius 3 is 2.35 bits per heavy atom. The van der Waals surface area contributed by atoms with Gasteiger partial charge in [-0.3, -0.25) is 4.79 Å². The summed E-state index contributed by atoms with van der Waals surface area (Å²) < 4.78 is 0. The number of aromatic nitrogens is 1. The monoisotopic (exact) mass is 384 g/mol. The van der Waals surface area contributed by atoms with E-state index in [0.717, 1.165) is 16.0 Å². The fourth-order valence-corrected chi connectivity index (χ4v) is 3.90. The third kappa shape index (κ3) is 4.32. The van der Waals surface area contributed by atoms with E-state index in [1.807, 2.05) is 54.6 Å². The molecule has 0 aliphatic rings. The lowest BCUT2D eigenvalue weighted by molar-refractivity contribution is -0.119. The summed E-state index contributed by atoms with van der Waals surface area (Å²) >= 11 is 7.47. The van der Waals surface area contributed by atoms with Gasteiger partial charge in [0.25, 0.3) is 0 Å². The number of anilines is 1. The summed E-state index contributed by atoms with van der Waals surface area (Å²) in [7, 11) is 0. The van der Waals surface area contributed by atoms with Crippen LogP contribution in [0, 0.1) is 5.41 Å². The maximum absolute atomic E-state index is 13.0. The first-order chi connectivity index (χ1) is 12.3. The van der Waals surface area contributed by atoms with Gasteiger partial charge in [0.1, 0.15) is 0 Å². The predicted molar refractivity (Wildman–Crippen MR) is 110 cm³/mol. The molecule has 2 aromatic carbocycles. The molecular weight excluding hydrogens is 364 g/mol. The number of carbonyl (C=O) groups excluding carboxylic acids is 1. The fourth-order valence-electron chi connectivity index (χ4n) is 2.95. The number of hydrogen-bond donors (Lipinski definition) is 1. The molecule has 1 heterocycles. The van der Waals surface area contributed by atoms with Crippen molar-refractivity contribution in [3.05, 3.63) is 71.4 Å². The first kappa shape index (κ1) is 18.6. The van der Waals surface area contributed by atoms with Gasteiger partial charge >= 0.3 is 0 Å². The third-order valence-electron chi connectivity index (χ3n) is 4.13. The summed E-state index contributed by atoms with van der Waals surface area (Å²) in [5.41, 5.74) is 1.80. The van der Waals surface area contributed by atoms with Gasteiger partial charge in [0, 0.05) is 11.2 Å². The van der Waals surface area contributed by atoms with Crippen molar-refractivity contribution in [2.75, 3.05) is 5.32 Å². The Morgan fingerprint density at radius 2 is 1.73 bits per heavy atom. The molecule has 0 unspecified atom stereocenters. The zero-order chi connectivity index (χ0) is 18.7. The molecule has 0 saturated carbocycles. The minimum absolute atomic E-state index is 0.0613. The number of nitrogens with zero attached hydrogens (tertiary/aromatic N) is 1. The number of nitrogens with one attached hydrogen (secondary N) is 1. The lowest BCUT2D eigenvalue weighted by Crippen LogP contribution is -2.31. The molecule has 1 aromatic heterocycles. The summed E-state index contributed by atoms with van der Waals surface area (Å²) in [4.78, 5) is 18.4. The van der Waals surface area contributed by atoms with Crippen molar-refractivity contribution in [1.29, 1.82) is 0 Å². The fraction of sp³-hybridized carbons (Fsp3) is 0.238. The second kappa shape index (κ2) is 7.60. The molecule has 0 spiro atoms. The summed E-state index contributed by atoms with van der Waals surface area (Å²) in [6.45, 7) is 6.18. The maximum Gasteiger partial charge on any atom is 0.234 e. The molecule has 1 atom stereocenters. The average molecular weight is 385 g/mol. The number of hydrogen-bond acceptors (Lipinski definition) is 3. The second-order valence-corrected chi connectivity index (χ2v) is 8.70. The highest BCUT2D eigenvalue weighted by atomic mass is 35.5. The highest BCUT2D eigenvalue weighted by molar-refractivity contribution is 7.19. The SMILES string of the molecule is CC(C)(C)[C@@H](C(=O)Nc1ncc(-c2ccccc2)s1)c1ccc(Cl)cc1. The van der Waals surface area contributed by atoms with Gasteiger partial charge in [0.2, 0.25) is 5.91 Å². The van der Waals surface area contributed by atoms with E-state index in [1.165, 1.54) is 11.3 Å². The molecule has 0 radical (unpaired) electrons. The van der Waals surface area contributed by atoms with Crippen LogP contribution in [0.5, 0.6) is 0 Å². The smallest absolute Gasteiger partial charge is 0.234 e. The van der Waals surface area contributed by atoms with Crippen molar-refractivity contribution in [1.82, 2.24) is 4.98 Å². The van der Waals surface area contributed by atoms with Crippen LogP contribution >= 0.6 is 22.9 Å². The zero-order valence-corrected chi connectivity index (χ0v) is 16.6. The molecule has 0 saturated heterocycles. The number of benzene rings is 2. The Labute approximate surface area is 163 Å². The molecule has 3 aromatic rings. The summed E-state index contributed by atoms with van der Waals surface area (Å²) in [6.07, 6.45) is 1.80. The van der Waals surface area contributed by atoms with Gasteiger partial charge in [-0.15, -0.1) is 0 Å². The summed E-state index contributed by atoms with van der Waals surface area (Å²) in [6, 6.07) is 17.5. The number of carbonyl (C=O) groups is 1. The van der Waals surface area contributed by atoms with Crippen molar-refractivity contribution < 1.29 is 4.79 Å². The Bertz CT molecular complexity index is 882. The molecule has 0 bridgehead atoms. The Morgan fingerprint density at radius 1 is 1.08 bits per heavy atom. The number of amides is 1. The molecule has 3 nitrogen and oxygen atoms in total. The van der Waals surface area contributed by atoms with Gasteiger partial charge in [-0.25, -0.2) is 4.98 Å². The van der Waals surface area contributed by atoms with Crippen LogP contribution in [-0.2, 0) is 4.79 Å². The molecule has 134 valence electrons. The first-order valence-electron chi connectivity index (χ1n) is 8.42. The van der Waals surface area contributed by atoms with Crippen molar-refractivity contribution >= 4 is 34.0 Å². The first-order valence-corrected chi connectivity index (χ1v) is 9.61. The highest BCUT2D eigenvalue weighted by Gasteiger charge is 2.33. The van der Waals surface area contributed by atoms with E-state index in [9.17, 15) is 4.79 Å². The van der Waals surface area contributed by atoms with Crippen molar-refractivity contribution in [2.45, 2.75) is 26.7 Å². The Kier molecular flexibility index (Phi) is 5.44. The summed E-state index contributed by atoms with van der Waals surface area (Å²) in [5, 5.41) is 4.26. The van der Waals surface area contributed by atoms with Crippen LogP contribution in [0.25, 0.3) is 10.4 Å². The number of halogens is 1. The number of rotatable bonds is 4. The van der Waals surface area contributed by atoms with Crippen molar-refractivity contribution in [3.8, 4) is 10.4 Å². The molecule has 26 heavy (non-hydrogen) atoms. The van der Waals surface area contributed by atoms with E-state index in [1.54, 1.807) is 6.20 Å². The molecule has 1 amide bonds. The van der Waals surface area contributed by atoms with Crippen LogP contribution in [-0.4, -0.2) is 10.9 Å². The predicted octanol–water partition coefficient (Wildman–Crippen LogP) is 6.23. The van der Waals surface area contributed by atoms with Crippen molar-refractivity contribution in [2.24, 2.45) is 5.41 Å². The van der Waals surface area contributed by atoms with Crippen LogP contribution in [0.3, 0.4) is 0 Å². The molecule has 0 aliphatic carbocycles. The van der Waals surface area contributed by atoms with E-state index in [-0.39, 0.29) is 17.2 Å². The molecule has 3 rings (SSSR count). The minimum Gasteiger partial charge on any atom is -0.301 e. The highest BCUT2D eigenvalue weighted by Crippen LogP contribution is 2.37. The lowest BCUT2D eigenvalue weighted by Gasteiger charge is -2.29. The largest absolute Gasteiger partial charge is 0.301 e. The van der Waals surface area contributed by atoms with Gasteiger partial charge in [-0.1, -0.05) is 86.2 Å². The average Bonchev–Trinajstić information content (AvgIpc) is 3.05. The van der Waals surface area contributed by atoms with E-state index < -0.39 is 0 Å². The van der Waals surface area contributed by atoms with Gasteiger partial charge in [0.05, 0.1) is 10.8 Å². The van der Waals surface area contributed by atoms with Gasteiger partial charge in [-0.05, 0) is 28.7 Å². The molecule has 0 aliphatic heterocycles. The van der Waals surface area contributed by atoms with Gasteiger partial charge in [-0.2, -0.15) is 0 Å². The maximum atomic E-state index is 13.0. The molecule has 0 fully saturated rings. The number of thiazole rings is 1. The van der Waals surface area contributed by atoms with Gasteiger partial charge in [0.15, 0.2) is 5.13 Å². The van der Waals surface area contributed by atoms with E-state index in [4.69, 9.17) is 11.6 Å². The second-order valence-electron chi connectivity index (χ2n) is 7.24. The third-order valence-corrected chi connectivity index (χ3v) is 5.34. The minimum atomic E-state index is -0.302. The van der Waals surface area contributed by atoms with Crippen LogP contribution < -0.4 is 5.32 Å². The van der Waals surface area contributed by atoms with Crippen LogP contribution in [0.15, 0.2) is 60.8 Å². The molecule has 5 heteroatoms. The lowest BCUT2D eigenvalue weighted by atomic mass is 9.76. The Balaban J connectivity index is 1.82. The zero-order valence-electron chi connectivity index (χ0n) is 15.0. The van der Waals surface area contributed by atoms with Crippen LogP contribution in [0.2, 0.25) is 5.02 Å². The standard InChI is InChI=1S/C21H21ClN2OS/c1-21(2,3)18(15-9-11-16(22)12-10-15)19(25)24-20-23-13-17(26-20)14-7-5-4-6-8-14/h4-13,18H,1-3H3,(H,23,24,25)/t18-/m1/s1. The van der Waals surface area contributed by atoms with Crippen LogP contribution in [0.4, 0.5) is 5.13 Å². The topological polar surface area (TPSA) is 42.0 Å². The molecule has 1 N–H and O–H groups in total. The van der Waals surface area contributed by atoms with Gasteiger partial charge < -0.3 is 5.32 Å². The molecular formula is C21H21ClN2OS. The van der Waals surface area contributed by atoms with E-state index in [0.29, 0.717) is 10.2 Å².